The first-order valence-electron chi connectivity index (χ1n) is 5.90. The van der Waals surface area contributed by atoms with Crippen LogP contribution in [0.15, 0.2) is 48.5 Å². The molecule has 2 aromatic carbocycles. The summed E-state index contributed by atoms with van der Waals surface area (Å²) >= 11 is 0. The molecule has 0 saturated heterocycles. The monoisotopic (exact) mass is 260 g/mol. The number of phenolic OH excluding ortho intramolecular Hbond substituents is 1. The van der Waals surface area contributed by atoms with Crippen LogP contribution in [-0.4, -0.2) is 23.4 Å². The average Bonchev–Trinajstić information content (AvgIpc) is 2.44. The van der Waals surface area contributed by atoms with Crippen molar-refractivity contribution >= 4 is 17.1 Å². The van der Waals surface area contributed by atoms with Crippen LogP contribution >= 0.6 is 0 Å². The first kappa shape index (κ1) is 13.2. The third-order valence-corrected chi connectivity index (χ3v) is 2.55. The number of rotatable bonds is 5. The van der Waals surface area contributed by atoms with Gasteiger partial charge in [0.05, 0.1) is 30.3 Å². The van der Waals surface area contributed by atoms with Gasteiger partial charge in [0.1, 0.15) is 5.75 Å². The van der Waals surface area contributed by atoms with Gasteiger partial charge >= 0.3 is 0 Å². The standard InChI is InChI=1S/C14H16N2O3/c15-13-7-6-12(10-14(13)18)16(19-9-8-17)11-4-2-1-3-5-11/h1-7,10,17-18H,8-9,15H2. The number of benzene rings is 2. The lowest BCUT2D eigenvalue weighted by atomic mass is 10.2. The third kappa shape index (κ3) is 3.15. The highest BCUT2D eigenvalue weighted by atomic mass is 16.7. The van der Waals surface area contributed by atoms with Crippen LogP contribution < -0.4 is 10.8 Å². The van der Waals surface area contributed by atoms with Crippen molar-refractivity contribution in [1.82, 2.24) is 0 Å². The van der Waals surface area contributed by atoms with E-state index in [9.17, 15) is 5.11 Å². The van der Waals surface area contributed by atoms with E-state index in [0.717, 1.165) is 5.69 Å². The molecule has 0 bridgehead atoms. The molecule has 0 unspecified atom stereocenters. The lowest BCUT2D eigenvalue weighted by molar-refractivity contribution is 0.0929. The van der Waals surface area contributed by atoms with Gasteiger partial charge in [0, 0.05) is 6.07 Å². The molecule has 0 heterocycles. The summed E-state index contributed by atoms with van der Waals surface area (Å²) < 4.78 is 0. The van der Waals surface area contributed by atoms with Gasteiger partial charge in [0.15, 0.2) is 0 Å². The number of aliphatic hydroxyl groups excluding tert-OH is 1. The summed E-state index contributed by atoms with van der Waals surface area (Å²) in [6.07, 6.45) is 0. The minimum absolute atomic E-state index is 0.00831. The lowest BCUT2D eigenvalue weighted by Gasteiger charge is -2.24. The third-order valence-electron chi connectivity index (χ3n) is 2.55. The smallest absolute Gasteiger partial charge is 0.140 e. The van der Waals surface area contributed by atoms with E-state index in [2.05, 4.69) is 0 Å². The number of hydrogen-bond donors (Lipinski definition) is 3. The van der Waals surface area contributed by atoms with E-state index in [1.165, 1.54) is 11.1 Å². The summed E-state index contributed by atoms with van der Waals surface area (Å²) in [5.41, 5.74) is 7.31. The normalized spacial score (nSPS) is 10.4. The molecule has 0 aliphatic heterocycles. The Labute approximate surface area is 111 Å². The van der Waals surface area contributed by atoms with Crippen molar-refractivity contribution in [3.63, 3.8) is 0 Å². The zero-order valence-electron chi connectivity index (χ0n) is 10.4. The number of phenols is 1. The van der Waals surface area contributed by atoms with Crippen LogP contribution in [-0.2, 0) is 4.84 Å². The summed E-state index contributed by atoms with van der Waals surface area (Å²) in [4.78, 5) is 5.49. The maximum absolute atomic E-state index is 9.66. The van der Waals surface area contributed by atoms with Crippen LogP contribution in [0.4, 0.5) is 17.1 Å². The van der Waals surface area contributed by atoms with Crippen molar-refractivity contribution in [2.24, 2.45) is 0 Å². The Morgan fingerprint density at radius 2 is 1.79 bits per heavy atom. The molecule has 0 aliphatic rings. The highest BCUT2D eigenvalue weighted by Crippen LogP contribution is 2.31. The van der Waals surface area contributed by atoms with E-state index in [1.807, 2.05) is 30.3 Å². The minimum Gasteiger partial charge on any atom is -0.506 e. The largest absolute Gasteiger partial charge is 0.506 e. The van der Waals surface area contributed by atoms with Crippen molar-refractivity contribution in [3.05, 3.63) is 48.5 Å². The number of aromatic hydroxyl groups is 1. The van der Waals surface area contributed by atoms with E-state index in [1.54, 1.807) is 12.1 Å². The van der Waals surface area contributed by atoms with Crippen molar-refractivity contribution < 1.29 is 15.1 Å². The second-order valence-electron chi connectivity index (χ2n) is 3.93. The van der Waals surface area contributed by atoms with Crippen LogP contribution in [0.1, 0.15) is 0 Å². The topological polar surface area (TPSA) is 79.0 Å². The quantitative estimate of drug-likeness (QED) is 0.435. The Morgan fingerprint density at radius 1 is 1.05 bits per heavy atom. The van der Waals surface area contributed by atoms with Crippen molar-refractivity contribution in [1.29, 1.82) is 0 Å². The van der Waals surface area contributed by atoms with E-state index in [-0.39, 0.29) is 19.0 Å². The number of para-hydroxylation sites is 1. The molecule has 0 aromatic heterocycles. The predicted molar refractivity (Wildman–Crippen MR) is 74.1 cm³/mol. The molecule has 0 aliphatic carbocycles. The fourth-order valence-corrected chi connectivity index (χ4v) is 1.65. The van der Waals surface area contributed by atoms with Crippen molar-refractivity contribution in [3.8, 4) is 5.75 Å². The van der Waals surface area contributed by atoms with Gasteiger partial charge in [0.25, 0.3) is 0 Å². The molecule has 0 amide bonds. The maximum Gasteiger partial charge on any atom is 0.140 e. The zero-order valence-corrected chi connectivity index (χ0v) is 10.4. The molecule has 0 spiro atoms. The first-order chi connectivity index (χ1) is 9.22. The highest BCUT2D eigenvalue weighted by Gasteiger charge is 2.11. The number of anilines is 3. The molecule has 4 N–H and O–H groups in total. The number of nitrogen functional groups attached to an aromatic ring is 1. The van der Waals surface area contributed by atoms with Gasteiger partial charge in [-0.2, -0.15) is 0 Å². The van der Waals surface area contributed by atoms with Crippen LogP contribution in [0.25, 0.3) is 0 Å². The molecule has 2 rings (SSSR count). The molecule has 19 heavy (non-hydrogen) atoms. The second-order valence-corrected chi connectivity index (χ2v) is 3.93. The van der Waals surface area contributed by atoms with E-state index < -0.39 is 0 Å². The summed E-state index contributed by atoms with van der Waals surface area (Å²) in [7, 11) is 0. The average molecular weight is 260 g/mol. The molecule has 2 aromatic rings. The molecule has 0 fully saturated rings. The summed E-state index contributed by atoms with van der Waals surface area (Å²) in [6.45, 7) is 0.0598. The van der Waals surface area contributed by atoms with Gasteiger partial charge in [-0.25, -0.2) is 5.06 Å². The molecule has 5 heteroatoms. The second kappa shape index (κ2) is 6.08. The van der Waals surface area contributed by atoms with Gasteiger partial charge < -0.3 is 15.9 Å². The van der Waals surface area contributed by atoms with Crippen LogP contribution in [0.3, 0.4) is 0 Å². The zero-order chi connectivity index (χ0) is 13.7. The number of hydrogen-bond acceptors (Lipinski definition) is 5. The predicted octanol–water partition coefficient (Wildman–Crippen LogP) is 2.04. The number of aliphatic hydroxyl groups is 1. The van der Waals surface area contributed by atoms with Gasteiger partial charge in [-0.3, -0.25) is 4.84 Å². The van der Waals surface area contributed by atoms with Crippen LogP contribution in [0, 0.1) is 0 Å². The summed E-state index contributed by atoms with van der Waals surface area (Å²) in [5.74, 6) is -0.00831. The van der Waals surface area contributed by atoms with Crippen LogP contribution in [0.5, 0.6) is 5.75 Å². The lowest BCUT2D eigenvalue weighted by Crippen LogP contribution is -2.19. The van der Waals surface area contributed by atoms with Crippen molar-refractivity contribution in [2.75, 3.05) is 24.0 Å². The minimum atomic E-state index is -0.0930. The molecular formula is C14H16N2O3. The first-order valence-corrected chi connectivity index (χ1v) is 5.90. The van der Waals surface area contributed by atoms with Crippen LogP contribution in [0.2, 0.25) is 0 Å². The van der Waals surface area contributed by atoms with Gasteiger partial charge in [-0.15, -0.1) is 0 Å². The molecule has 5 nitrogen and oxygen atoms in total. The molecular weight excluding hydrogens is 244 g/mol. The molecule has 0 saturated carbocycles. The van der Waals surface area contributed by atoms with Gasteiger partial charge in [-0.1, -0.05) is 18.2 Å². The fraction of sp³-hybridized carbons (Fsp3) is 0.143. The number of nitrogens with two attached hydrogens (primary N) is 1. The highest BCUT2D eigenvalue weighted by molar-refractivity contribution is 5.66. The molecule has 100 valence electrons. The maximum atomic E-state index is 9.66. The van der Waals surface area contributed by atoms with Gasteiger partial charge in [0.2, 0.25) is 0 Å². The van der Waals surface area contributed by atoms with Gasteiger partial charge in [-0.05, 0) is 24.3 Å². The Morgan fingerprint density at radius 3 is 2.42 bits per heavy atom. The fourth-order valence-electron chi connectivity index (χ4n) is 1.65. The summed E-state index contributed by atoms with van der Waals surface area (Å²) in [6, 6.07) is 14.2. The van der Waals surface area contributed by atoms with Crippen molar-refractivity contribution in [2.45, 2.75) is 0 Å². The Bertz CT molecular complexity index is 531. The number of nitrogens with zero attached hydrogens (tertiary/aromatic N) is 1. The van der Waals surface area contributed by atoms with E-state index in [4.69, 9.17) is 15.7 Å². The molecule has 0 radical (unpaired) electrons. The Kier molecular flexibility index (Phi) is 4.22. The Balaban J connectivity index is 2.34. The Hall–Kier alpha value is -2.24. The van der Waals surface area contributed by atoms with E-state index >= 15 is 0 Å². The van der Waals surface area contributed by atoms with E-state index in [0.29, 0.717) is 11.4 Å². The molecule has 0 atom stereocenters. The SMILES string of the molecule is Nc1ccc(N(OCCO)c2ccccc2)cc1O. The summed E-state index contributed by atoms with van der Waals surface area (Å²) in [5, 5.41) is 20.1.